The molecule has 5 heteroatoms. The molecule has 1 saturated heterocycles. The van der Waals surface area contributed by atoms with Gasteiger partial charge in [-0.15, -0.1) is 0 Å². The molecule has 0 spiro atoms. The van der Waals surface area contributed by atoms with Gasteiger partial charge in [0.15, 0.2) is 0 Å². The summed E-state index contributed by atoms with van der Waals surface area (Å²) >= 11 is 0. The molecule has 5 nitrogen and oxygen atoms in total. The van der Waals surface area contributed by atoms with Crippen LogP contribution in [0, 0.1) is 6.92 Å². The van der Waals surface area contributed by atoms with Gasteiger partial charge in [-0.1, -0.05) is 0 Å². The van der Waals surface area contributed by atoms with Gasteiger partial charge in [0.1, 0.15) is 11.9 Å². The Bertz CT molecular complexity index is 496. The van der Waals surface area contributed by atoms with Gasteiger partial charge < -0.3 is 15.0 Å². The van der Waals surface area contributed by atoms with Crippen molar-refractivity contribution < 1.29 is 4.74 Å². The molecule has 0 radical (unpaired) electrons. The summed E-state index contributed by atoms with van der Waals surface area (Å²) in [6.07, 6.45) is 9.02. The Labute approximate surface area is 127 Å². The molecule has 116 valence electrons. The summed E-state index contributed by atoms with van der Waals surface area (Å²) in [4.78, 5) is 2.45. The molecule has 0 aromatic carbocycles. The molecule has 2 unspecified atom stereocenters. The van der Waals surface area contributed by atoms with Gasteiger partial charge in [-0.05, 0) is 38.7 Å². The minimum absolute atomic E-state index is 0.337. The van der Waals surface area contributed by atoms with Crippen molar-refractivity contribution in [3.8, 4) is 0 Å². The van der Waals surface area contributed by atoms with E-state index in [1.54, 1.807) is 0 Å². The molecule has 3 rings (SSSR count). The summed E-state index contributed by atoms with van der Waals surface area (Å²) in [5.74, 6) is 1.23. The molecule has 0 bridgehead atoms. The van der Waals surface area contributed by atoms with Crippen molar-refractivity contribution >= 4 is 5.82 Å². The van der Waals surface area contributed by atoms with Crippen LogP contribution in [0.3, 0.4) is 0 Å². The molecular formula is C16H26N4O. The quantitative estimate of drug-likeness (QED) is 0.921. The monoisotopic (exact) mass is 290 g/mol. The van der Waals surface area contributed by atoms with E-state index in [0.29, 0.717) is 12.1 Å². The Hall–Kier alpha value is -1.49. The van der Waals surface area contributed by atoms with E-state index < -0.39 is 0 Å². The van der Waals surface area contributed by atoms with Crippen LogP contribution in [0.25, 0.3) is 0 Å². The number of nitrogens with one attached hydrogen (secondary N) is 1. The summed E-state index contributed by atoms with van der Waals surface area (Å²) in [7, 11) is 2.03. The molecule has 1 aromatic rings. The highest BCUT2D eigenvalue weighted by Crippen LogP contribution is 2.20. The van der Waals surface area contributed by atoms with Crippen molar-refractivity contribution in [1.29, 1.82) is 0 Å². The Morgan fingerprint density at radius 3 is 3.05 bits per heavy atom. The molecule has 1 fully saturated rings. The average molecular weight is 290 g/mol. The van der Waals surface area contributed by atoms with Crippen LogP contribution < -0.4 is 10.2 Å². The van der Waals surface area contributed by atoms with Crippen molar-refractivity contribution in [1.82, 2.24) is 15.1 Å². The summed E-state index contributed by atoms with van der Waals surface area (Å²) in [6, 6.07) is 2.72. The van der Waals surface area contributed by atoms with Crippen LogP contribution in [-0.4, -0.2) is 41.6 Å². The lowest BCUT2D eigenvalue weighted by Crippen LogP contribution is -2.48. The average Bonchev–Trinajstić information content (AvgIpc) is 2.85. The van der Waals surface area contributed by atoms with E-state index in [2.05, 4.69) is 34.4 Å². The van der Waals surface area contributed by atoms with Crippen molar-refractivity contribution in [2.24, 2.45) is 7.05 Å². The molecule has 21 heavy (non-hydrogen) atoms. The fourth-order valence-electron chi connectivity index (χ4n) is 3.28. The van der Waals surface area contributed by atoms with Crippen molar-refractivity contribution in [3.05, 3.63) is 24.1 Å². The third-order valence-corrected chi connectivity index (χ3v) is 4.38. The maximum absolute atomic E-state index is 5.63. The minimum atomic E-state index is 0.337. The predicted molar refractivity (Wildman–Crippen MR) is 84.4 cm³/mol. The second-order valence-electron chi connectivity index (χ2n) is 6.17. The van der Waals surface area contributed by atoms with E-state index in [4.69, 9.17) is 4.74 Å². The predicted octanol–water partition coefficient (Wildman–Crippen LogP) is 1.98. The summed E-state index contributed by atoms with van der Waals surface area (Å²) in [5, 5.41) is 8.14. The highest BCUT2D eigenvalue weighted by molar-refractivity contribution is 5.41. The molecule has 0 aliphatic carbocycles. The van der Waals surface area contributed by atoms with Gasteiger partial charge in [0.2, 0.25) is 0 Å². The van der Waals surface area contributed by atoms with E-state index in [9.17, 15) is 0 Å². The molecule has 3 heterocycles. The van der Waals surface area contributed by atoms with Gasteiger partial charge in [-0.3, -0.25) is 4.68 Å². The smallest absolute Gasteiger partial charge is 0.126 e. The first-order valence-corrected chi connectivity index (χ1v) is 8.02. The third-order valence-electron chi connectivity index (χ3n) is 4.38. The molecule has 0 amide bonds. The second kappa shape index (κ2) is 6.52. The Morgan fingerprint density at radius 2 is 2.33 bits per heavy atom. The number of nitrogens with zero attached hydrogens (tertiary/aromatic N) is 3. The van der Waals surface area contributed by atoms with Crippen LogP contribution in [0.5, 0.6) is 0 Å². The van der Waals surface area contributed by atoms with Crippen molar-refractivity contribution in [3.63, 3.8) is 0 Å². The Balaban J connectivity index is 1.53. The SMILES string of the molecule is Cc1cc(N2CCCC(NCC3CCC=CO3)C2)n(C)n1. The highest BCUT2D eigenvalue weighted by Gasteiger charge is 2.23. The van der Waals surface area contributed by atoms with Gasteiger partial charge in [-0.25, -0.2) is 0 Å². The number of ether oxygens (including phenoxy) is 1. The van der Waals surface area contributed by atoms with E-state index in [0.717, 1.165) is 38.2 Å². The molecule has 2 aliphatic heterocycles. The topological polar surface area (TPSA) is 42.3 Å². The van der Waals surface area contributed by atoms with Gasteiger partial charge in [-0.2, -0.15) is 5.10 Å². The van der Waals surface area contributed by atoms with Crippen molar-refractivity contribution in [2.45, 2.75) is 44.8 Å². The lowest BCUT2D eigenvalue weighted by molar-refractivity contribution is 0.118. The number of allylic oxidation sites excluding steroid dienone is 1. The van der Waals surface area contributed by atoms with Gasteiger partial charge >= 0.3 is 0 Å². The van der Waals surface area contributed by atoms with E-state index in [1.165, 1.54) is 18.7 Å². The second-order valence-corrected chi connectivity index (χ2v) is 6.17. The van der Waals surface area contributed by atoms with Crippen molar-refractivity contribution in [2.75, 3.05) is 24.5 Å². The lowest BCUT2D eigenvalue weighted by Gasteiger charge is -2.35. The van der Waals surface area contributed by atoms with E-state index in [1.807, 2.05) is 18.0 Å². The number of anilines is 1. The number of rotatable bonds is 4. The fraction of sp³-hybridized carbons (Fsp3) is 0.688. The molecule has 1 aromatic heterocycles. The molecule has 0 saturated carbocycles. The standard InChI is InChI=1S/C16H26N4O/c1-13-10-16(19(2)18-13)20-8-5-6-14(12-20)17-11-15-7-3-4-9-21-15/h4,9-10,14-15,17H,3,5-8,11-12H2,1-2H3. The maximum Gasteiger partial charge on any atom is 0.126 e. The van der Waals surface area contributed by atoms with Gasteiger partial charge in [0, 0.05) is 38.8 Å². The number of hydrogen-bond donors (Lipinski definition) is 1. The molecule has 1 N–H and O–H groups in total. The zero-order valence-corrected chi connectivity index (χ0v) is 13.1. The van der Waals surface area contributed by atoms with Gasteiger partial charge in [0.05, 0.1) is 12.0 Å². The zero-order valence-electron chi connectivity index (χ0n) is 13.1. The van der Waals surface area contributed by atoms with Crippen LogP contribution in [0.1, 0.15) is 31.4 Å². The molecule has 2 atom stereocenters. The van der Waals surface area contributed by atoms with Crippen LogP contribution in [-0.2, 0) is 11.8 Å². The van der Waals surface area contributed by atoms with Gasteiger partial charge in [0.25, 0.3) is 0 Å². The summed E-state index contributed by atoms with van der Waals surface area (Å²) in [5.41, 5.74) is 1.09. The van der Waals surface area contributed by atoms with Crippen LogP contribution in [0.4, 0.5) is 5.82 Å². The first-order chi connectivity index (χ1) is 10.2. The number of aromatic nitrogens is 2. The fourth-order valence-corrected chi connectivity index (χ4v) is 3.28. The first kappa shape index (κ1) is 14.4. The van der Waals surface area contributed by atoms with E-state index in [-0.39, 0.29) is 0 Å². The largest absolute Gasteiger partial charge is 0.497 e. The van der Waals surface area contributed by atoms with Crippen LogP contribution in [0.15, 0.2) is 18.4 Å². The summed E-state index contributed by atoms with van der Waals surface area (Å²) < 4.78 is 7.62. The number of piperidine rings is 1. The Morgan fingerprint density at radius 1 is 1.43 bits per heavy atom. The third kappa shape index (κ3) is 3.59. The van der Waals surface area contributed by atoms with Crippen LogP contribution in [0.2, 0.25) is 0 Å². The minimum Gasteiger partial charge on any atom is -0.497 e. The number of hydrogen-bond acceptors (Lipinski definition) is 4. The summed E-state index contributed by atoms with van der Waals surface area (Å²) in [6.45, 7) is 5.19. The first-order valence-electron chi connectivity index (χ1n) is 8.02. The van der Waals surface area contributed by atoms with E-state index >= 15 is 0 Å². The normalized spacial score (nSPS) is 25.9. The highest BCUT2D eigenvalue weighted by atomic mass is 16.5. The zero-order chi connectivity index (χ0) is 14.7. The lowest BCUT2D eigenvalue weighted by atomic mass is 10.0. The Kier molecular flexibility index (Phi) is 4.48. The van der Waals surface area contributed by atoms with Crippen LogP contribution >= 0.6 is 0 Å². The number of aryl methyl sites for hydroxylation is 2. The molecular weight excluding hydrogens is 264 g/mol. The molecule has 2 aliphatic rings. The maximum atomic E-state index is 5.63.